The van der Waals surface area contributed by atoms with Gasteiger partial charge < -0.3 is 4.57 Å². The predicted molar refractivity (Wildman–Crippen MR) is 85.6 cm³/mol. The van der Waals surface area contributed by atoms with Crippen molar-refractivity contribution in [3.05, 3.63) is 34.5 Å². The Bertz CT molecular complexity index is 839. The van der Waals surface area contributed by atoms with Crippen molar-refractivity contribution in [2.45, 2.75) is 20.4 Å². The van der Waals surface area contributed by atoms with Gasteiger partial charge in [0.1, 0.15) is 5.52 Å². The van der Waals surface area contributed by atoms with Crippen LogP contribution >= 0.6 is 11.6 Å². The average Bonchev–Trinajstić information content (AvgIpc) is 2.84. The minimum absolute atomic E-state index is 0.0173. The Morgan fingerprint density at radius 3 is 2.68 bits per heavy atom. The zero-order valence-corrected chi connectivity index (χ0v) is 14.3. The molecule has 2 aromatic heterocycles. The van der Waals surface area contributed by atoms with Crippen molar-refractivity contribution in [3.63, 3.8) is 0 Å². The van der Waals surface area contributed by atoms with Crippen LogP contribution in [0.1, 0.15) is 19.4 Å². The topological polar surface area (TPSA) is 85.5 Å². The Morgan fingerprint density at radius 2 is 2.05 bits per heavy atom. The fourth-order valence-electron chi connectivity index (χ4n) is 2.07. The second kappa shape index (κ2) is 6.02. The molecule has 0 bridgehead atoms. The number of nitrogens with one attached hydrogen (secondary N) is 1. The van der Waals surface area contributed by atoms with E-state index in [4.69, 9.17) is 11.6 Å². The van der Waals surface area contributed by atoms with E-state index in [0.717, 1.165) is 0 Å². The number of nitrogens with zero attached hydrogens (tertiary/aromatic N) is 3. The van der Waals surface area contributed by atoms with Crippen molar-refractivity contribution in [1.29, 1.82) is 0 Å². The number of hydrogen-bond acceptors (Lipinski definition) is 4. The fraction of sp³-hybridized carbons (Fsp3) is 0.538. The Kier molecular flexibility index (Phi) is 4.65. The smallest absolute Gasteiger partial charge is 0.276 e. The van der Waals surface area contributed by atoms with E-state index in [1.165, 1.54) is 15.3 Å². The zero-order valence-electron chi connectivity index (χ0n) is 12.7. The predicted octanol–water partition coefficient (Wildman–Crippen LogP) is 0.717. The molecule has 0 saturated carbocycles. The number of halogens is 1. The summed E-state index contributed by atoms with van der Waals surface area (Å²) < 4.78 is 29.6. The van der Waals surface area contributed by atoms with Crippen LogP contribution in [-0.2, 0) is 23.6 Å². The van der Waals surface area contributed by atoms with Crippen molar-refractivity contribution in [2.75, 3.05) is 11.6 Å². The van der Waals surface area contributed by atoms with Gasteiger partial charge in [-0.3, -0.25) is 4.79 Å². The highest BCUT2D eigenvalue weighted by Gasteiger charge is 2.25. The molecule has 0 atom stereocenters. The second-order valence-corrected chi connectivity index (χ2v) is 8.13. The summed E-state index contributed by atoms with van der Waals surface area (Å²) in [5.41, 5.74) is 0.151. The molecule has 2 aromatic rings. The van der Waals surface area contributed by atoms with Crippen molar-refractivity contribution >= 4 is 27.1 Å². The molecule has 0 radical (unpaired) electrons. The summed E-state index contributed by atoms with van der Waals surface area (Å²) in [6, 6.07) is 0. The molecule has 0 amide bonds. The fourth-order valence-corrected chi connectivity index (χ4v) is 3.88. The number of sulfonamides is 1. The van der Waals surface area contributed by atoms with Crippen LogP contribution in [-0.4, -0.2) is 34.2 Å². The van der Waals surface area contributed by atoms with Crippen LogP contribution < -0.4 is 10.3 Å². The normalized spacial score (nSPS) is 12.9. The number of aromatic nitrogens is 3. The van der Waals surface area contributed by atoms with E-state index >= 15 is 0 Å². The van der Waals surface area contributed by atoms with Crippen molar-refractivity contribution in [3.8, 4) is 0 Å². The van der Waals surface area contributed by atoms with E-state index in [1.807, 2.05) is 0 Å². The minimum Gasteiger partial charge on any atom is -0.315 e. The highest BCUT2D eigenvalue weighted by molar-refractivity contribution is 7.89. The lowest BCUT2D eigenvalue weighted by Gasteiger charge is -2.20. The van der Waals surface area contributed by atoms with E-state index in [1.54, 1.807) is 33.3 Å². The summed E-state index contributed by atoms with van der Waals surface area (Å²) in [5, 5.41) is 4.06. The third-order valence-electron chi connectivity index (χ3n) is 3.25. The molecule has 0 aliphatic carbocycles. The van der Waals surface area contributed by atoms with Gasteiger partial charge in [-0.25, -0.2) is 17.7 Å². The molecular formula is C13H19ClN4O3S. The summed E-state index contributed by atoms with van der Waals surface area (Å²) >= 11 is 5.77. The molecule has 9 heteroatoms. The van der Waals surface area contributed by atoms with Crippen LogP contribution in [0, 0.1) is 5.41 Å². The standard InChI is InChI=1S/C13H19ClN4O3S/c1-13(2,8-14)9-22(20,21)16-7-10-6-15-18-5-4-17(3)12(19)11(10)18/h4-6,16H,7-9H2,1-3H3. The number of alkyl halides is 1. The quantitative estimate of drug-likeness (QED) is 0.781. The first kappa shape index (κ1) is 17.0. The van der Waals surface area contributed by atoms with Crippen LogP contribution in [0.5, 0.6) is 0 Å². The molecule has 1 N–H and O–H groups in total. The molecule has 7 nitrogen and oxygen atoms in total. The summed E-state index contributed by atoms with van der Waals surface area (Å²) in [6.07, 6.45) is 4.73. The first-order valence-corrected chi connectivity index (χ1v) is 8.89. The first-order valence-electron chi connectivity index (χ1n) is 6.70. The molecular weight excluding hydrogens is 328 g/mol. The van der Waals surface area contributed by atoms with Crippen molar-refractivity contribution < 1.29 is 8.42 Å². The highest BCUT2D eigenvalue weighted by atomic mass is 35.5. The molecule has 0 fully saturated rings. The van der Waals surface area contributed by atoms with Crippen LogP contribution in [0.4, 0.5) is 0 Å². The molecule has 0 aliphatic rings. The summed E-state index contributed by atoms with van der Waals surface area (Å²) in [4.78, 5) is 12.1. The van der Waals surface area contributed by atoms with Gasteiger partial charge in [-0.2, -0.15) is 5.10 Å². The average molecular weight is 347 g/mol. The van der Waals surface area contributed by atoms with Gasteiger partial charge in [0.15, 0.2) is 0 Å². The number of aryl methyl sites for hydroxylation is 1. The Morgan fingerprint density at radius 1 is 1.36 bits per heavy atom. The Labute approximate surface area is 133 Å². The van der Waals surface area contributed by atoms with Gasteiger partial charge in [0, 0.05) is 37.4 Å². The molecule has 22 heavy (non-hydrogen) atoms. The molecule has 0 aliphatic heterocycles. The molecule has 0 spiro atoms. The maximum absolute atomic E-state index is 12.1. The third-order valence-corrected chi connectivity index (χ3v) is 5.72. The van der Waals surface area contributed by atoms with E-state index in [9.17, 15) is 13.2 Å². The lowest BCUT2D eigenvalue weighted by molar-refractivity contribution is 0.464. The van der Waals surface area contributed by atoms with E-state index in [0.29, 0.717) is 11.1 Å². The minimum atomic E-state index is -3.50. The lowest BCUT2D eigenvalue weighted by Crippen LogP contribution is -2.34. The zero-order chi connectivity index (χ0) is 16.5. The summed E-state index contributed by atoms with van der Waals surface area (Å²) in [5.74, 6) is 0.159. The third kappa shape index (κ3) is 3.68. The van der Waals surface area contributed by atoms with Gasteiger partial charge in [0.05, 0.1) is 11.9 Å². The molecule has 0 saturated heterocycles. The van der Waals surface area contributed by atoms with Crippen LogP contribution in [0.2, 0.25) is 0 Å². The monoisotopic (exact) mass is 346 g/mol. The van der Waals surface area contributed by atoms with Gasteiger partial charge in [0.2, 0.25) is 10.0 Å². The maximum Gasteiger partial charge on any atom is 0.276 e. The second-order valence-electron chi connectivity index (χ2n) is 6.06. The van der Waals surface area contributed by atoms with Gasteiger partial charge in [0.25, 0.3) is 5.56 Å². The van der Waals surface area contributed by atoms with Crippen LogP contribution in [0.15, 0.2) is 23.4 Å². The Hall–Kier alpha value is -1.38. The summed E-state index contributed by atoms with van der Waals surface area (Å²) in [6.45, 7) is 3.58. The lowest BCUT2D eigenvalue weighted by atomic mass is 10.0. The van der Waals surface area contributed by atoms with Crippen molar-refractivity contribution in [2.24, 2.45) is 12.5 Å². The first-order chi connectivity index (χ1) is 10.2. The molecule has 2 heterocycles. The largest absolute Gasteiger partial charge is 0.315 e. The number of hydrogen-bond donors (Lipinski definition) is 1. The molecule has 0 unspecified atom stereocenters. The van der Waals surface area contributed by atoms with Gasteiger partial charge in [-0.05, 0) is 5.41 Å². The summed E-state index contributed by atoms with van der Waals surface area (Å²) in [7, 11) is -1.87. The number of rotatable bonds is 6. The van der Waals surface area contributed by atoms with Crippen LogP contribution in [0.3, 0.4) is 0 Å². The molecule has 122 valence electrons. The highest BCUT2D eigenvalue weighted by Crippen LogP contribution is 2.19. The van der Waals surface area contributed by atoms with E-state index < -0.39 is 15.4 Å². The Balaban J connectivity index is 2.22. The van der Waals surface area contributed by atoms with Gasteiger partial charge >= 0.3 is 0 Å². The SMILES string of the molecule is Cn1ccn2ncc(CNS(=O)(=O)CC(C)(C)CCl)c2c1=O. The maximum atomic E-state index is 12.1. The molecule has 0 aromatic carbocycles. The molecule has 2 rings (SSSR count). The van der Waals surface area contributed by atoms with Crippen LogP contribution in [0.25, 0.3) is 5.52 Å². The van der Waals surface area contributed by atoms with E-state index in [-0.39, 0.29) is 23.7 Å². The van der Waals surface area contributed by atoms with Gasteiger partial charge in [-0.1, -0.05) is 13.8 Å². The van der Waals surface area contributed by atoms with Crippen molar-refractivity contribution in [1.82, 2.24) is 18.9 Å². The van der Waals surface area contributed by atoms with E-state index in [2.05, 4.69) is 9.82 Å². The number of fused-ring (bicyclic) bond motifs is 1. The van der Waals surface area contributed by atoms with Gasteiger partial charge in [-0.15, -0.1) is 11.6 Å².